The van der Waals surface area contributed by atoms with Gasteiger partial charge in [0.2, 0.25) is 5.88 Å². The van der Waals surface area contributed by atoms with Crippen molar-refractivity contribution in [1.29, 1.82) is 0 Å². The lowest BCUT2D eigenvalue weighted by atomic mass is 9.95. The van der Waals surface area contributed by atoms with Gasteiger partial charge < -0.3 is 19.2 Å². The van der Waals surface area contributed by atoms with Crippen molar-refractivity contribution >= 4 is 30.0 Å². The molecule has 2 aromatic rings. The van der Waals surface area contributed by atoms with Crippen molar-refractivity contribution < 1.29 is 23.5 Å². The zero-order chi connectivity index (χ0) is 21.3. The van der Waals surface area contributed by atoms with E-state index >= 15 is 0 Å². The summed E-state index contributed by atoms with van der Waals surface area (Å²) in [6, 6.07) is 9.86. The minimum Gasteiger partial charge on any atom is -0.462 e. The van der Waals surface area contributed by atoms with E-state index in [1.54, 1.807) is 19.9 Å². The Kier molecular flexibility index (Phi) is 7.71. The highest BCUT2D eigenvalue weighted by Gasteiger charge is 2.32. The monoisotopic (exact) mass is 411 g/mol. The maximum Gasteiger partial charge on any atom is 0.344 e. The Balaban J connectivity index is 2.04. The van der Waals surface area contributed by atoms with Crippen LogP contribution in [0.25, 0.3) is 12.2 Å². The van der Waals surface area contributed by atoms with Crippen molar-refractivity contribution in [3.8, 4) is 0 Å². The van der Waals surface area contributed by atoms with Gasteiger partial charge in [-0.1, -0.05) is 55.7 Å². The number of ether oxygens (including phenoxy) is 2. The Bertz CT molecular complexity index is 879. The molecular formula is C24H29NO5. The van der Waals surface area contributed by atoms with Gasteiger partial charge in [0.15, 0.2) is 0 Å². The van der Waals surface area contributed by atoms with Crippen LogP contribution in [0.5, 0.6) is 0 Å². The first-order valence-electron chi connectivity index (χ1n) is 10.6. The third kappa shape index (κ3) is 5.32. The number of carbonyl (C=O) groups is 2. The highest BCUT2D eigenvalue weighted by molar-refractivity contribution is 6.08. The van der Waals surface area contributed by atoms with E-state index in [9.17, 15) is 9.59 Å². The van der Waals surface area contributed by atoms with Gasteiger partial charge in [0, 0.05) is 6.04 Å². The van der Waals surface area contributed by atoms with Crippen LogP contribution in [0, 0.1) is 0 Å². The second-order valence-corrected chi connectivity index (χ2v) is 7.21. The molecule has 6 heteroatoms. The lowest BCUT2D eigenvalue weighted by Crippen LogP contribution is -2.23. The molecule has 1 aliphatic carbocycles. The molecule has 1 fully saturated rings. The molecule has 0 spiro atoms. The maximum absolute atomic E-state index is 12.8. The molecule has 6 nitrogen and oxygen atoms in total. The van der Waals surface area contributed by atoms with Crippen molar-refractivity contribution in [3.63, 3.8) is 0 Å². The van der Waals surface area contributed by atoms with Gasteiger partial charge >= 0.3 is 11.9 Å². The molecular weight excluding hydrogens is 382 g/mol. The van der Waals surface area contributed by atoms with E-state index in [-0.39, 0.29) is 42.0 Å². The van der Waals surface area contributed by atoms with Crippen LogP contribution in [0.1, 0.15) is 78.0 Å². The molecule has 3 rings (SSSR count). The largest absolute Gasteiger partial charge is 0.462 e. The average Bonchev–Trinajstić information content (AvgIpc) is 3.12. The van der Waals surface area contributed by atoms with Crippen LogP contribution < -0.4 is 5.32 Å². The molecule has 0 bridgehead atoms. The number of rotatable bonds is 8. The number of hydrogen-bond acceptors (Lipinski definition) is 6. The molecule has 30 heavy (non-hydrogen) atoms. The predicted octanol–water partition coefficient (Wildman–Crippen LogP) is 5.55. The van der Waals surface area contributed by atoms with Crippen LogP contribution in [0.3, 0.4) is 0 Å². The standard InChI is InChI=1S/C24H29NO5/c1-3-28-23(26)20-19(16-15-17-11-7-5-8-12-17)30-22(21(20)24(27)29-4-2)25-18-13-9-6-10-14-18/h5,7-8,11-12,15-16,18,25H,3-4,6,9-10,13-14H2,1-2H3/b16-15+. The van der Waals surface area contributed by atoms with Gasteiger partial charge in [-0.2, -0.15) is 0 Å². The fourth-order valence-corrected chi connectivity index (χ4v) is 3.64. The molecule has 0 unspecified atom stereocenters. The Labute approximate surface area is 177 Å². The number of anilines is 1. The molecule has 1 aromatic carbocycles. The average molecular weight is 411 g/mol. The number of esters is 2. The number of nitrogens with one attached hydrogen (secondary N) is 1. The zero-order valence-electron chi connectivity index (χ0n) is 17.6. The van der Waals surface area contributed by atoms with Crippen LogP contribution in [0.15, 0.2) is 34.7 Å². The quantitative estimate of drug-likeness (QED) is 0.574. The van der Waals surface area contributed by atoms with E-state index in [4.69, 9.17) is 13.9 Å². The van der Waals surface area contributed by atoms with E-state index in [1.165, 1.54) is 6.42 Å². The summed E-state index contributed by atoms with van der Waals surface area (Å²) < 4.78 is 16.5. The molecule has 1 N–H and O–H groups in total. The van der Waals surface area contributed by atoms with Gasteiger partial charge in [0.1, 0.15) is 16.9 Å². The summed E-state index contributed by atoms with van der Waals surface area (Å²) in [5.41, 5.74) is 1.15. The first-order valence-corrected chi connectivity index (χ1v) is 10.6. The second-order valence-electron chi connectivity index (χ2n) is 7.21. The Morgan fingerprint density at radius 2 is 1.60 bits per heavy atom. The van der Waals surface area contributed by atoms with Gasteiger partial charge in [-0.05, 0) is 38.3 Å². The van der Waals surface area contributed by atoms with Crippen molar-refractivity contribution in [2.45, 2.75) is 52.0 Å². The molecule has 1 aliphatic rings. The lowest BCUT2D eigenvalue weighted by molar-refractivity contribution is 0.0480. The van der Waals surface area contributed by atoms with Gasteiger partial charge in [-0.15, -0.1) is 0 Å². The summed E-state index contributed by atoms with van der Waals surface area (Å²) >= 11 is 0. The number of carbonyl (C=O) groups excluding carboxylic acids is 2. The summed E-state index contributed by atoms with van der Waals surface area (Å²) in [5, 5.41) is 3.34. The Morgan fingerprint density at radius 3 is 2.23 bits per heavy atom. The minimum absolute atomic E-state index is 0.0980. The topological polar surface area (TPSA) is 77.8 Å². The molecule has 160 valence electrons. The molecule has 0 atom stereocenters. The molecule has 1 saturated carbocycles. The number of furan rings is 1. The van der Waals surface area contributed by atoms with Crippen molar-refractivity contribution in [1.82, 2.24) is 0 Å². The SMILES string of the molecule is CCOC(=O)c1c(/C=C/c2ccccc2)oc(NC2CCCCC2)c1C(=O)OCC. The molecule has 1 heterocycles. The first-order chi connectivity index (χ1) is 14.6. The van der Waals surface area contributed by atoms with Gasteiger partial charge in [-0.25, -0.2) is 9.59 Å². The summed E-state index contributed by atoms with van der Waals surface area (Å²) in [6.07, 6.45) is 8.97. The molecule has 0 amide bonds. The molecule has 0 aliphatic heterocycles. The molecule has 0 radical (unpaired) electrons. The highest BCUT2D eigenvalue weighted by atomic mass is 16.5. The fraction of sp³-hybridized carbons (Fsp3) is 0.417. The minimum atomic E-state index is -0.603. The third-order valence-corrected chi connectivity index (χ3v) is 5.06. The summed E-state index contributed by atoms with van der Waals surface area (Å²) in [5.74, 6) is -0.648. The van der Waals surface area contributed by atoms with E-state index in [1.807, 2.05) is 36.4 Å². The summed E-state index contributed by atoms with van der Waals surface area (Å²) in [6.45, 7) is 3.85. The number of benzene rings is 1. The van der Waals surface area contributed by atoms with E-state index in [0.717, 1.165) is 31.2 Å². The van der Waals surface area contributed by atoms with Gasteiger partial charge in [0.05, 0.1) is 13.2 Å². The van der Waals surface area contributed by atoms with Crippen LogP contribution in [0.4, 0.5) is 5.88 Å². The van der Waals surface area contributed by atoms with Crippen LogP contribution in [-0.2, 0) is 9.47 Å². The lowest BCUT2D eigenvalue weighted by Gasteiger charge is -2.22. The van der Waals surface area contributed by atoms with Crippen molar-refractivity contribution in [2.24, 2.45) is 0 Å². The number of hydrogen-bond donors (Lipinski definition) is 1. The van der Waals surface area contributed by atoms with E-state index in [0.29, 0.717) is 0 Å². The summed E-state index contributed by atoms with van der Waals surface area (Å²) in [7, 11) is 0. The van der Waals surface area contributed by atoms with E-state index in [2.05, 4.69) is 5.32 Å². The molecule has 0 saturated heterocycles. The zero-order valence-corrected chi connectivity index (χ0v) is 17.6. The van der Waals surface area contributed by atoms with Crippen LogP contribution >= 0.6 is 0 Å². The maximum atomic E-state index is 12.8. The van der Waals surface area contributed by atoms with Crippen LogP contribution in [0.2, 0.25) is 0 Å². The van der Waals surface area contributed by atoms with Gasteiger partial charge in [0.25, 0.3) is 0 Å². The van der Waals surface area contributed by atoms with Crippen LogP contribution in [-0.4, -0.2) is 31.2 Å². The fourth-order valence-electron chi connectivity index (χ4n) is 3.64. The third-order valence-electron chi connectivity index (χ3n) is 5.06. The Hall–Kier alpha value is -3.02. The second kappa shape index (κ2) is 10.7. The van der Waals surface area contributed by atoms with Crippen molar-refractivity contribution in [3.05, 3.63) is 52.8 Å². The normalized spacial score (nSPS) is 14.6. The smallest absolute Gasteiger partial charge is 0.344 e. The summed E-state index contributed by atoms with van der Waals surface area (Å²) in [4.78, 5) is 25.5. The predicted molar refractivity (Wildman–Crippen MR) is 116 cm³/mol. The van der Waals surface area contributed by atoms with E-state index < -0.39 is 11.9 Å². The van der Waals surface area contributed by atoms with Gasteiger partial charge in [-0.3, -0.25) is 0 Å². The van der Waals surface area contributed by atoms with Crippen molar-refractivity contribution in [2.75, 3.05) is 18.5 Å². The highest BCUT2D eigenvalue weighted by Crippen LogP contribution is 2.33. The first kappa shape index (κ1) is 21.7. The Morgan fingerprint density at radius 1 is 0.967 bits per heavy atom. The molecule has 1 aromatic heterocycles.